The van der Waals surface area contributed by atoms with E-state index in [1.807, 2.05) is 18.2 Å². The maximum absolute atomic E-state index is 12.1. The highest BCUT2D eigenvalue weighted by Crippen LogP contribution is 2.18. The molecule has 156 valence electrons. The predicted octanol–water partition coefficient (Wildman–Crippen LogP) is 2.21. The van der Waals surface area contributed by atoms with E-state index in [1.54, 1.807) is 19.0 Å². The predicted molar refractivity (Wildman–Crippen MR) is 117 cm³/mol. The lowest BCUT2D eigenvalue weighted by Crippen LogP contribution is -2.46. The molecule has 2 N–H and O–H groups in total. The molecule has 1 fully saturated rings. The van der Waals surface area contributed by atoms with Gasteiger partial charge in [-0.15, -0.1) is 0 Å². The lowest BCUT2D eigenvalue weighted by Gasteiger charge is -2.22. The van der Waals surface area contributed by atoms with Crippen LogP contribution >= 0.6 is 0 Å². The van der Waals surface area contributed by atoms with Crippen molar-refractivity contribution in [1.82, 2.24) is 20.4 Å². The Balaban J connectivity index is 1.96. The van der Waals surface area contributed by atoms with Gasteiger partial charge in [0.2, 0.25) is 0 Å². The molecule has 2 rings (SSSR count). The Labute approximate surface area is 170 Å². The van der Waals surface area contributed by atoms with E-state index >= 15 is 0 Å². The maximum Gasteiger partial charge on any atom is 0.253 e. The van der Waals surface area contributed by atoms with Crippen molar-refractivity contribution in [2.45, 2.75) is 46.2 Å². The van der Waals surface area contributed by atoms with Crippen molar-refractivity contribution in [2.75, 3.05) is 40.3 Å². The number of hydrogen-bond acceptors (Lipinski definition) is 3. The minimum atomic E-state index is 0.0327. The zero-order valence-corrected chi connectivity index (χ0v) is 18.3. The van der Waals surface area contributed by atoms with E-state index in [0.29, 0.717) is 24.5 Å². The van der Waals surface area contributed by atoms with Crippen LogP contribution in [0.2, 0.25) is 0 Å². The Kier molecular flexibility index (Phi) is 8.30. The number of likely N-dealkylation sites (tertiary alicyclic amines) is 1. The second kappa shape index (κ2) is 10.5. The normalized spacial score (nSPS) is 20.5. The first-order chi connectivity index (χ1) is 13.3. The van der Waals surface area contributed by atoms with E-state index in [4.69, 9.17) is 4.99 Å². The summed E-state index contributed by atoms with van der Waals surface area (Å²) in [4.78, 5) is 21.0. The average molecular weight is 388 g/mol. The van der Waals surface area contributed by atoms with Gasteiger partial charge in [0, 0.05) is 57.9 Å². The molecule has 0 bridgehead atoms. The van der Waals surface area contributed by atoms with Crippen LogP contribution in [-0.4, -0.2) is 74.0 Å². The van der Waals surface area contributed by atoms with E-state index in [1.165, 1.54) is 0 Å². The number of hydrogen-bond donors (Lipinski definition) is 2. The highest BCUT2D eigenvalue weighted by Gasteiger charge is 2.31. The van der Waals surface area contributed by atoms with E-state index < -0.39 is 0 Å². The van der Waals surface area contributed by atoms with Gasteiger partial charge in [0.05, 0.1) is 0 Å². The summed E-state index contributed by atoms with van der Waals surface area (Å²) in [5, 5.41) is 6.98. The van der Waals surface area contributed by atoms with E-state index in [9.17, 15) is 4.79 Å². The second-order valence-corrected chi connectivity index (χ2v) is 8.19. The third kappa shape index (κ3) is 6.23. The van der Waals surface area contributed by atoms with Gasteiger partial charge in [-0.05, 0) is 50.8 Å². The average Bonchev–Trinajstić information content (AvgIpc) is 3.02. The Bertz CT molecular complexity index is 671. The minimum Gasteiger partial charge on any atom is -0.357 e. The SMILES string of the molecule is CCNC(=NCCc1cccc(C(=O)N(C)C)c1)NC1CN(C(C)C)CC1C. The number of aliphatic imine (C=N–C) groups is 1. The Morgan fingerprint density at radius 1 is 1.32 bits per heavy atom. The molecule has 2 unspecified atom stereocenters. The fraction of sp³-hybridized carbons (Fsp3) is 0.636. The summed E-state index contributed by atoms with van der Waals surface area (Å²) >= 11 is 0. The van der Waals surface area contributed by atoms with Crippen LogP contribution < -0.4 is 10.6 Å². The molecule has 6 heteroatoms. The number of benzene rings is 1. The smallest absolute Gasteiger partial charge is 0.253 e. The van der Waals surface area contributed by atoms with Gasteiger partial charge in [0.15, 0.2) is 5.96 Å². The van der Waals surface area contributed by atoms with Crippen LogP contribution in [0.25, 0.3) is 0 Å². The highest BCUT2D eigenvalue weighted by atomic mass is 16.2. The fourth-order valence-corrected chi connectivity index (χ4v) is 3.52. The van der Waals surface area contributed by atoms with Gasteiger partial charge in [-0.1, -0.05) is 19.1 Å². The van der Waals surface area contributed by atoms with Crippen molar-refractivity contribution in [1.29, 1.82) is 0 Å². The van der Waals surface area contributed by atoms with Crippen LogP contribution in [0.4, 0.5) is 0 Å². The number of carbonyl (C=O) groups excluding carboxylic acids is 1. The Morgan fingerprint density at radius 2 is 2.07 bits per heavy atom. The molecule has 1 aromatic rings. The molecule has 0 saturated carbocycles. The first-order valence-electron chi connectivity index (χ1n) is 10.4. The van der Waals surface area contributed by atoms with Crippen LogP contribution in [0, 0.1) is 5.92 Å². The molecule has 0 radical (unpaired) electrons. The summed E-state index contributed by atoms with van der Waals surface area (Å²) < 4.78 is 0. The summed E-state index contributed by atoms with van der Waals surface area (Å²) in [7, 11) is 3.55. The van der Waals surface area contributed by atoms with E-state index in [0.717, 1.165) is 43.1 Å². The summed E-state index contributed by atoms with van der Waals surface area (Å²) in [6.45, 7) is 12.6. The maximum atomic E-state index is 12.1. The van der Waals surface area contributed by atoms with Crippen molar-refractivity contribution in [2.24, 2.45) is 10.9 Å². The lowest BCUT2D eigenvalue weighted by atomic mass is 10.1. The second-order valence-electron chi connectivity index (χ2n) is 8.19. The third-order valence-corrected chi connectivity index (χ3v) is 5.29. The van der Waals surface area contributed by atoms with Crippen LogP contribution in [0.3, 0.4) is 0 Å². The quantitative estimate of drug-likeness (QED) is 0.556. The van der Waals surface area contributed by atoms with Gasteiger partial charge in [0.25, 0.3) is 5.91 Å². The number of rotatable bonds is 7. The molecule has 0 aliphatic carbocycles. The topological polar surface area (TPSA) is 60.0 Å². The molecule has 6 nitrogen and oxygen atoms in total. The molecule has 28 heavy (non-hydrogen) atoms. The van der Waals surface area contributed by atoms with Gasteiger partial charge in [-0.3, -0.25) is 14.7 Å². The number of carbonyl (C=O) groups is 1. The van der Waals surface area contributed by atoms with Crippen molar-refractivity contribution >= 4 is 11.9 Å². The van der Waals surface area contributed by atoms with Gasteiger partial charge >= 0.3 is 0 Å². The van der Waals surface area contributed by atoms with Gasteiger partial charge in [0.1, 0.15) is 0 Å². The Hall–Kier alpha value is -2.08. The summed E-state index contributed by atoms with van der Waals surface area (Å²) in [5.74, 6) is 1.51. The largest absolute Gasteiger partial charge is 0.357 e. The van der Waals surface area contributed by atoms with Crippen molar-refractivity contribution in [3.05, 3.63) is 35.4 Å². The molecule has 1 amide bonds. The summed E-state index contributed by atoms with van der Waals surface area (Å²) in [5.41, 5.74) is 1.86. The van der Waals surface area contributed by atoms with Gasteiger partial charge < -0.3 is 15.5 Å². The number of nitrogens with one attached hydrogen (secondary N) is 2. The van der Waals surface area contributed by atoms with Crippen molar-refractivity contribution in [3.63, 3.8) is 0 Å². The molecular weight excluding hydrogens is 350 g/mol. The van der Waals surface area contributed by atoms with Crippen LogP contribution in [-0.2, 0) is 6.42 Å². The zero-order valence-electron chi connectivity index (χ0n) is 18.3. The summed E-state index contributed by atoms with van der Waals surface area (Å²) in [6.07, 6.45) is 0.809. The monoisotopic (exact) mass is 387 g/mol. The van der Waals surface area contributed by atoms with Crippen LogP contribution in [0.1, 0.15) is 43.6 Å². The molecular formula is C22H37N5O. The van der Waals surface area contributed by atoms with Gasteiger partial charge in [-0.2, -0.15) is 0 Å². The molecule has 2 atom stereocenters. The lowest BCUT2D eigenvalue weighted by molar-refractivity contribution is 0.0827. The first kappa shape index (κ1) is 22.2. The fourth-order valence-electron chi connectivity index (χ4n) is 3.52. The van der Waals surface area contributed by atoms with Gasteiger partial charge in [-0.25, -0.2) is 0 Å². The third-order valence-electron chi connectivity index (χ3n) is 5.29. The molecule has 1 aliphatic rings. The molecule has 1 aromatic carbocycles. The highest BCUT2D eigenvalue weighted by molar-refractivity contribution is 5.94. The minimum absolute atomic E-state index is 0.0327. The molecule has 0 spiro atoms. The van der Waals surface area contributed by atoms with Crippen molar-refractivity contribution < 1.29 is 4.79 Å². The molecule has 1 saturated heterocycles. The zero-order chi connectivity index (χ0) is 20.7. The number of amides is 1. The first-order valence-corrected chi connectivity index (χ1v) is 10.4. The Morgan fingerprint density at radius 3 is 2.68 bits per heavy atom. The van der Waals surface area contributed by atoms with E-state index in [2.05, 4.69) is 49.3 Å². The van der Waals surface area contributed by atoms with Crippen molar-refractivity contribution in [3.8, 4) is 0 Å². The van der Waals surface area contributed by atoms with E-state index in [-0.39, 0.29) is 5.91 Å². The molecule has 1 heterocycles. The molecule has 0 aromatic heterocycles. The van der Waals surface area contributed by atoms with Crippen LogP contribution in [0.5, 0.6) is 0 Å². The molecule has 1 aliphatic heterocycles. The van der Waals surface area contributed by atoms with Crippen LogP contribution in [0.15, 0.2) is 29.3 Å². The standard InChI is InChI=1S/C22H37N5O/c1-7-23-22(25-20-15-27(16(2)3)14-17(20)4)24-12-11-18-9-8-10-19(13-18)21(28)26(5)6/h8-10,13,16-17,20H,7,11-12,14-15H2,1-6H3,(H2,23,24,25). The number of nitrogens with zero attached hydrogens (tertiary/aromatic N) is 3. The summed E-state index contributed by atoms with van der Waals surface area (Å²) in [6, 6.07) is 8.83. The number of guanidine groups is 1.